The number of hydrogen-bond donors (Lipinski definition) is 1. The van der Waals surface area contributed by atoms with E-state index in [1.807, 2.05) is 0 Å². The quantitative estimate of drug-likeness (QED) is 0.774. The van der Waals surface area contributed by atoms with Crippen molar-refractivity contribution in [3.63, 3.8) is 0 Å². The Morgan fingerprint density at radius 3 is 2.56 bits per heavy atom. The van der Waals surface area contributed by atoms with E-state index < -0.39 is 0 Å². The molecule has 0 spiro atoms. The molecule has 0 saturated carbocycles. The molecule has 106 valence electrons. The van der Waals surface area contributed by atoms with Crippen molar-refractivity contribution in [2.24, 2.45) is 17.8 Å². The molecule has 0 aromatic carbocycles. The third-order valence-electron chi connectivity index (χ3n) is 4.36. The van der Waals surface area contributed by atoms with Crippen LogP contribution in [0.5, 0.6) is 0 Å². The highest BCUT2D eigenvalue weighted by Gasteiger charge is 2.27. The molecule has 0 aliphatic carbocycles. The summed E-state index contributed by atoms with van der Waals surface area (Å²) in [6.07, 6.45) is 2.80. The van der Waals surface area contributed by atoms with Crippen LogP contribution < -0.4 is 5.32 Å². The molecule has 2 aliphatic heterocycles. The smallest absolute Gasteiger partial charge is 0.00225 e. The van der Waals surface area contributed by atoms with Crippen LogP contribution in [0.3, 0.4) is 0 Å². The standard InChI is InChI=1S/C15H31N3/c1-13(2)8-16-9-14-5-7-18(11-14)12-15-4-6-17(3)10-15/h13-16H,4-12H2,1-3H3. The summed E-state index contributed by atoms with van der Waals surface area (Å²) < 4.78 is 0. The Labute approximate surface area is 113 Å². The van der Waals surface area contributed by atoms with Crippen LogP contribution in [0, 0.1) is 17.8 Å². The first kappa shape index (κ1) is 14.3. The Balaban J connectivity index is 1.59. The lowest BCUT2D eigenvalue weighted by Crippen LogP contribution is -2.31. The van der Waals surface area contributed by atoms with Gasteiger partial charge in [0.2, 0.25) is 0 Å². The van der Waals surface area contributed by atoms with E-state index in [0.29, 0.717) is 0 Å². The van der Waals surface area contributed by atoms with E-state index in [1.165, 1.54) is 58.7 Å². The van der Waals surface area contributed by atoms with Crippen LogP contribution in [0.25, 0.3) is 0 Å². The number of nitrogens with zero attached hydrogens (tertiary/aromatic N) is 2. The first-order chi connectivity index (χ1) is 8.63. The van der Waals surface area contributed by atoms with Gasteiger partial charge in [0.15, 0.2) is 0 Å². The Morgan fingerprint density at radius 2 is 1.89 bits per heavy atom. The van der Waals surface area contributed by atoms with Crippen LogP contribution in [0.15, 0.2) is 0 Å². The van der Waals surface area contributed by atoms with Gasteiger partial charge in [0.25, 0.3) is 0 Å². The minimum atomic E-state index is 0.775. The average molecular weight is 253 g/mol. The lowest BCUT2D eigenvalue weighted by atomic mass is 10.1. The Hall–Kier alpha value is -0.120. The van der Waals surface area contributed by atoms with Gasteiger partial charge in [-0.3, -0.25) is 0 Å². The summed E-state index contributed by atoms with van der Waals surface area (Å²) in [7, 11) is 2.25. The summed E-state index contributed by atoms with van der Waals surface area (Å²) in [6.45, 7) is 13.6. The topological polar surface area (TPSA) is 18.5 Å². The van der Waals surface area contributed by atoms with Gasteiger partial charge in [-0.2, -0.15) is 0 Å². The van der Waals surface area contributed by atoms with Gasteiger partial charge >= 0.3 is 0 Å². The SMILES string of the molecule is CC(C)CNCC1CCN(CC2CCN(C)C2)C1. The van der Waals surface area contributed by atoms with Gasteiger partial charge in [-0.05, 0) is 63.8 Å². The summed E-state index contributed by atoms with van der Waals surface area (Å²) >= 11 is 0. The zero-order chi connectivity index (χ0) is 13.0. The van der Waals surface area contributed by atoms with Crippen LogP contribution in [-0.4, -0.2) is 62.7 Å². The van der Waals surface area contributed by atoms with Crippen LogP contribution in [0.4, 0.5) is 0 Å². The van der Waals surface area contributed by atoms with E-state index in [4.69, 9.17) is 0 Å². The van der Waals surface area contributed by atoms with Crippen molar-refractivity contribution in [1.29, 1.82) is 0 Å². The highest BCUT2D eigenvalue weighted by atomic mass is 15.2. The highest BCUT2D eigenvalue weighted by molar-refractivity contribution is 4.82. The van der Waals surface area contributed by atoms with Crippen molar-refractivity contribution in [1.82, 2.24) is 15.1 Å². The summed E-state index contributed by atoms with van der Waals surface area (Å²) in [5, 5.41) is 3.61. The zero-order valence-corrected chi connectivity index (χ0v) is 12.5. The first-order valence-corrected chi connectivity index (χ1v) is 7.75. The minimum Gasteiger partial charge on any atom is -0.316 e. The fourth-order valence-electron chi connectivity index (χ4n) is 3.36. The van der Waals surface area contributed by atoms with Crippen molar-refractivity contribution in [2.45, 2.75) is 26.7 Å². The van der Waals surface area contributed by atoms with Crippen molar-refractivity contribution in [3.05, 3.63) is 0 Å². The largest absolute Gasteiger partial charge is 0.316 e. The van der Waals surface area contributed by atoms with Gasteiger partial charge in [-0.15, -0.1) is 0 Å². The number of hydrogen-bond acceptors (Lipinski definition) is 3. The molecular weight excluding hydrogens is 222 g/mol. The number of rotatable bonds is 6. The lowest BCUT2D eigenvalue weighted by molar-refractivity contribution is 0.265. The molecule has 3 heteroatoms. The summed E-state index contributed by atoms with van der Waals surface area (Å²) in [5.74, 6) is 2.59. The third-order valence-corrected chi connectivity index (χ3v) is 4.36. The first-order valence-electron chi connectivity index (χ1n) is 7.75. The molecule has 18 heavy (non-hydrogen) atoms. The monoisotopic (exact) mass is 253 g/mol. The van der Waals surface area contributed by atoms with Gasteiger partial charge in [0.1, 0.15) is 0 Å². The van der Waals surface area contributed by atoms with Gasteiger partial charge < -0.3 is 15.1 Å². The molecule has 1 N–H and O–H groups in total. The van der Waals surface area contributed by atoms with E-state index in [1.54, 1.807) is 0 Å². The normalized spacial score (nSPS) is 30.7. The molecule has 2 rings (SSSR count). The second-order valence-corrected chi connectivity index (χ2v) is 6.88. The molecule has 2 heterocycles. The minimum absolute atomic E-state index is 0.775. The second kappa shape index (κ2) is 6.88. The van der Waals surface area contributed by atoms with Gasteiger partial charge in [-0.25, -0.2) is 0 Å². The van der Waals surface area contributed by atoms with Crippen molar-refractivity contribution >= 4 is 0 Å². The van der Waals surface area contributed by atoms with Crippen molar-refractivity contribution in [3.8, 4) is 0 Å². The third kappa shape index (κ3) is 4.52. The maximum atomic E-state index is 3.61. The van der Waals surface area contributed by atoms with Crippen LogP contribution in [0.1, 0.15) is 26.7 Å². The van der Waals surface area contributed by atoms with Crippen LogP contribution in [-0.2, 0) is 0 Å². The van der Waals surface area contributed by atoms with E-state index in [-0.39, 0.29) is 0 Å². The molecule has 3 nitrogen and oxygen atoms in total. The van der Waals surface area contributed by atoms with Gasteiger partial charge in [0.05, 0.1) is 0 Å². The molecule has 2 aliphatic rings. The van der Waals surface area contributed by atoms with Crippen LogP contribution in [0.2, 0.25) is 0 Å². The molecular formula is C15H31N3. The van der Waals surface area contributed by atoms with Gasteiger partial charge in [-0.1, -0.05) is 13.8 Å². The molecule has 2 atom stereocenters. The fourth-order valence-corrected chi connectivity index (χ4v) is 3.36. The average Bonchev–Trinajstić information content (AvgIpc) is 2.89. The van der Waals surface area contributed by atoms with Crippen molar-refractivity contribution in [2.75, 3.05) is 52.9 Å². The fraction of sp³-hybridized carbons (Fsp3) is 1.00. The summed E-state index contributed by atoms with van der Waals surface area (Å²) in [6, 6.07) is 0. The highest BCUT2D eigenvalue weighted by Crippen LogP contribution is 2.21. The van der Waals surface area contributed by atoms with E-state index in [9.17, 15) is 0 Å². The lowest BCUT2D eigenvalue weighted by Gasteiger charge is -2.20. The number of nitrogens with one attached hydrogen (secondary N) is 1. The molecule has 0 bridgehead atoms. The molecule has 2 unspecified atom stereocenters. The summed E-state index contributed by atoms with van der Waals surface area (Å²) in [5.41, 5.74) is 0. The maximum absolute atomic E-state index is 3.61. The van der Waals surface area contributed by atoms with E-state index in [2.05, 4.69) is 36.0 Å². The molecule has 2 saturated heterocycles. The second-order valence-electron chi connectivity index (χ2n) is 6.88. The number of likely N-dealkylation sites (tertiary alicyclic amines) is 2. The molecule has 0 aromatic rings. The zero-order valence-electron chi connectivity index (χ0n) is 12.5. The summed E-state index contributed by atoms with van der Waals surface area (Å²) in [4.78, 5) is 5.17. The van der Waals surface area contributed by atoms with E-state index >= 15 is 0 Å². The molecule has 2 fully saturated rings. The molecule has 0 aromatic heterocycles. The van der Waals surface area contributed by atoms with Gasteiger partial charge in [0, 0.05) is 19.6 Å². The van der Waals surface area contributed by atoms with Crippen LogP contribution >= 0.6 is 0 Å². The predicted octanol–water partition coefficient (Wildman–Crippen LogP) is 1.51. The Bertz CT molecular complexity index is 242. The van der Waals surface area contributed by atoms with Crippen molar-refractivity contribution < 1.29 is 0 Å². The maximum Gasteiger partial charge on any atom is 0.00225 e. The predicted molar refractivity (Wildman–Crippen MR) is 77.9 cm³/mol. The Kier molecular flexibility index (Phi) is 5.46. The molecule has 0 amide bonds. The molecule has 0 radical (unpaired) electrons. The Morgan fingerprint density at radius 1 is 1.11 bits per heavy atom. The van der Waals surface area contributed by atoms with E-state index in [0.717, 1.165) is 17.8 Å².